The Labute approximate surface area is 158 Å². The average Bonchev–Trinajstić information content (AvgIpc) is 2.97. The fourth-order valence-corrected chi connectivity index (χ4v) is 4.61. The Morgan fingerprint density at radius 3 is 2.88 bits per heavy atom. The van der Waals surface area contributed by atoms with Crippen molar-refractivity contribution < 1.29 is 4.79 Å². The van der Waals surface area contributed by atoms with Crippen molar-refractivity contribution in [2.45, 2.75) is 40.0 Å². The van der Waals surface area contributed by atoms with Crippen molar-refractivity contribution in [3.63, 3.8) is 0 Å². The number of rotatable bonds is 2. The van der Waals surface area contributed by atoms with Crippen molar-refractivity contribution in [1.82, 2.24) is 5.43 Å². The number of hydrazine groups is 1. The number of anilines is 1. The van der Waals surface area contributed by atoms with Crippen LogP contribution in [0.15, 0.2) is 23.6 Å². The van der Waals surface area contributed by atoms with Gasteiger partial charge in [-0.2, -0.15) is 0 Å². The van der Waals surface area contributed by atoms with E-state index in [1.807, 2.05) is 37.4 Å². The molecule has 0 saturated carbocycles. The fraction of sp³-hybridized carbons (Fsp3) is 0.368. The maximum atomic E-state index is 12.9. The summed E-state index contributed by atoms with van der Waals surface area (Å²) in [6.07, 6.45) is 3.14. The van der Waals surface area contributed by atoms with Gasteiger partial charge in [-0.05, 0) is 74.0 Å². The van der Waals surface area contributed by atoms with Gasteiger partial charge < -0.3 is 5.73 Å². The number of amides is 1. The first kappa shape index (κ1) is 17.9. The Balaban J connectivity index is 1.88. The minimum atomic E-state index is -0.152. The van der Waals surface area contributed by atoms with Gasteiger partial charge in [0.2, 0.25) is 0 Å². The van der Waals surface area contributed by atoms with Crippen LogP contribution >= 0.6 is 23.6 Å². The summed E-state index contributed by atoms with van der Waals surface area (Å²) >= 11 is 6.86. The van der Waals surface area contributed by atoms with Crippen molar-refractivity contribution in [3.8, 4) is 0 Å². The molecule has 0 spiro atoms. The molecule has 3 rings (SSSR count). The van der Waals surface area contributed by atoms with Gasteiger partial charge in [-0.15, -0.1) is 11.3 Å². The number of nitrogens with one attached hydrogen (secondary N) is 1. The second kappa shape index (κ2) is 7.14. The highest BCUT2D eigenvalue weighted by Crippen LogP contribution is 2.33. The van der Waals surface area contributed by atoms with Crippen molar-refractivity contribution >= 4 is 40.3 Å². The van der Waals surface area contributed by atoms with E-state index < -0.39 is 0 Å². The van der Waals surface area contributed by atoms with Crippen LogP contribution in [0.5, 0.6) is 0 Å². The number of benzene rings is 1. The molecule has 1 aromatic heterocycles. The lowest BCUT2D eigenvalue weighted by Crippen LogP contribution is -2.49. The molecule has 0 aliphatic heterocycles. The molecule has 6 heteroatoms. The first-order chi connectivity index (χ1) is 11.9. The summed E-state index contributed by atoms with van der Waals surface area (Å²) in [7, 11) is 0. The zero-order valence-corrected chi connectivity index (χ0v) is 16.4. The number of thiophene rings is 1. The summed E-state index contributed by atoms with van der Waals surface area (Å²) in [6.45, 7) is 6.23. The zero-order chi connectivity index (χ0) is 18.1. The normalized spacial score (nSPS) is 16.2. The van der Waals surface area contributed by atoms with E-state index in [-0.39, 0.29) is 11.0 Å². The molecule has 0 radical (unpaired) electrons. The first-order valence-corrected chi connectivity index (χ1v) is 9.72. The summed E-state index contributed by atoms with van der Waals surface area (Å²) < 4.78 is 0. The van der Waals surface area contributed by atoms with Crippen LogP contribution in [-0.2, 0) is 12.8 Å². The van der Waals surface area contributed by atoms with E-state index in [1.165, 1.54) is 15.4 Å². The van der Waals surface area contributed by atoms with Crippen molar-refractivity contribution in [3.05, 3.63) is 50.7 Å². The topological polar surface area (TPSA) is 58.4 Å². The van der Waals surface area contributed by atoms with Crippen LogP contribution < -0.4 is 16.2 Å². The summed E-state index contributed by atoms with van der Waals surface area (Å²) in [6, 6.07) is 5.99. The van der Waals surface area contributed by atoms with Gasteiger partial charge in [-0.1, -0.05) is 19.1 Å². The summed E-state index contributed by atoms with van der Waals surface area (Å²) in [5.41, 5.74) is 13.6. The number of nitrogens with two attached hydrogens (primary N) is 1. The molecule has 4 nitrogen and oxygen atoms in total. The lowest BCUT2D eigenvalue weighted by atomic mass is 9.88. The van der Waals surface area contributed by atoms with E-state index in [2.05, 4.69) is 12.3 Å². The van der Waals surface area contributed by atoms with Gasteiger partial charge in [-0.3, -0.25) is 10.2 Å². The van der Waals surface area contributed by atoms with Gasteiger partial charge in [0, 0.05) is 10.3 Å². The van der Waals surface area contributed by atoms with Gasteiger partial charge in [-0.25, -0.2) is 5.01 Å². The summed E-state index contributed by atoms with van der Waals surface area (Å²) in [5, 5.41) is 3.59. The molecule has 132 valence electrons. The fourth-order valence-electron chi connectivity index (χ4n) is 3.22. The number of nitrogens with zero attached hydrogens (tertiary/aromatic N) is 1. The largest absolute Gasteiger partial charge is 0.374 e. The number of carbonyl (C=O) groups excluding carboxylic acids is 1. The molecule has 1 heterocycles. The predicted molar refractivity (Wildman–Crippen MR) is 108 cm³/mol. The second-order valence-electron chi connectivity index (χ2n) is 6.80. The lowest BCUT2D eigenvalue weighted by Gasteiger charge is -2.26. The third-order valence-corrected chi connectivity index (χ3v) is 5.92. The van der Waals surface area contributed by atoms with Crippen molar-refractivity contribution in [2.24, 2.45) is 11.7 Å². The SMILES string of the molecule is Cc1ccc(C)c(N(NC(=O)c2csc3c2CCC(C)C3)C(N)=S)c1. The molecule has 1 amide bonds. The Bertz CT molecular complexity index is 828. The van der Waals surface area contributed by atoms with Gasteiger partial charge in [0.1, 0.15) is 0 Å². The average molecular weight is 374 g/mol. The van der Waals surface area contributed by atoms with E-state index in [0.29, 0.717) is 5.92 Å². The smallest absolute Gasteiger partial charge is 0.271 e. The molecule has 0 saturated heterocycles. The maximum Gasteiger partial charge on any atom is 0.271 e. The van der Waals surface area contributed by atoms with E-state index >= 15 is 0 Å². The van der Waals surface area contributed by atoms with Crippen LogP contribution in [0, 0.1) is 19.8 Å². The van der Waals surface area contributed by atoms with Crippen LogP contribution in [0.4, 0.5) is 5.69 Å². The monoisotopic (exact) mass is 373 g/mol. The van der Waals surface area contributed by atoms with Crippen molar-refractivity contribution in [1.29, 1.82) is 0 Å². The molecular formula is C19H23N3OS2. The summed E-state index contributed by atoms with van der Waals surface area (Å²) in [4.78, 5) is 14.2. The highest BCUT2D eigenvalue weighted by atomic mass is 32.1. The van der Waals surface area contributed by atoms with Crippen LogP contribution in [0.25, 0.3) is 0 Å². The standard InChI is InChI=1S/C19H23N3OS2/c1-11-4-6-13(3)16(8-11)22(19(20)24)21-18(23)15-10-25-17-9-12(2)5-7-14(15)17/h4,6,8,10,12H,5,7,9H2,1-3H3,(H2,20,24)(H,21,23). The Hall–Kier alpha value is -1.92. The van der Waals surface area contributed by atoms with Crippen LogP contribution in [0.1, 0.15) is 45.3 Å². The molecule has 0 fully saturated rings. The Morgan fingerprint density at radius 1 is 1.40 bits per heavy atom. The Morgan fingerprint density at radius 2 is 2.16 bits per heavy atom. The number of aryl methyl sites for hydroxylation is 2. The van der Waals surface area contributed by atoms with Gasteiger partial charge in [0.15, 0.2) is 5.11 Å². The van der Waals surface area contributed by atoms with E-state index in [9.17, 15) is 4.79 Å². The number of carbonyl (C=O) groups is 1. The zero-order valence-electron chi connectivity index (χ0n) is 14.8. The molecule has 1 atom stereocenters. The predicted octanol–water partition coefficient (Wildman–Crippen LogP) is 3.88. The Kier molecular flexibility index (Phi) is 5.11. The van der Waals surface area contributed by atoms with Gasteiger partial charge >= 0.3 is 0 Å². The van der Waals surface area contributed by atoms with Gasteiger partial charge in [0.25, 0.3) is 5.91 Å². The molecule has 1 aromatic carbocycles. The molecule has 1 aliphatic rings. The maximum absolute atomic E-state index is 12.9. The molecule has 1 aliphatic carbocycles. The van der Waals surface area contributed by atoms with E-state index in [1.54, 1.807) is 11.3 Å². The highest BCUT2D eigenvalue weighted by Gasteiger charge is 2.25. The molecule has 25 heavy (non-hydrogen) atoms. The summed E-state index contributed by atoms with van der Waals surface area (Å²) in [5.74, 6) is 0.533. The number of fused-ring (bicyclic) bond motifs is 1. The highest BCUT2D eigenvalue weighted by molar-refractivity contribution is 7.80. The number of thiocarbonyl (C=S) groups is 1. The van der Waals surface area contributed by atoms with Gasteiger partial charge in [0.05, 0.1) is 11.3 Å². The molecule has 3 N–H and O–H groups in total. The third kappa shape index (κ3) is 3.70. The quantitative estimate of drug-likeness (QED) is 0.619. The first-order valence-electron chi connectivity index (χ1n) is 8.44. The number of hydrogen-bond donors (Lipinski definition) is 2. The van der Waals surface area contributed by atoms with Crippen molar-refractivity contribution in [2.75, 3.05) is 5.01 Å². The minimum Gasteiger partial charge on any atom is -0.374 e. The van der Waals surface area contributed by atoms with E-state index in [0.717, 1.165) is 41.6 Å². The van der Waals surface area contributed by atoms with Crippen LogP contribution in [-0.4, -0.2) is 11.0 Å². The van der Waals surface area contributed by atoms with E-state index in [4.69, 9.17) is 18.0 Å². The minimum absolute atomic E-state index is 0.125. The number of hydrogen-bond acceptors (Lipinski definition) is 3. The second-order valence-corrected chi connectivity index (χ2v) is 8.19. The van der Waals surface area contributed by atoms with Crippen LogP contribution in [0.2, 0.25) is 0 Å². The molecular weight excluding hydrogens is 350 g/mol. The third-order valence-electron chi connectivity index (χ3n) is 4.69. The lowest BCUT2D eigenvalue weighted by molar-refractivity contribution is 0.0954. The molecule has 2 aromatic rings. The molecule has 1 unspecified atom stereocenters. The molecule has 0 bridgehead atoms. The van der Waals surface area contributed by atoms with Crippen LogP contribution in [0.3, 0.4) is 0 Å².